The molecule has 1 aliphatic heterocycles. The van der Waals surface area contributed by atoms with E-state index in [0.29, 0.717) is 43.6 Å². The molecule has 1 saturated heterocycles. The van der Waals surface area contributed by atoms with Gasteiger partial charge in [-0.25, -0.2) is 4.39 Å². The van der Waals surface area contributed by atoms with Crippen LogP contribution in [0.3, 0.4) is 0 Å². The normalized spacial score (nSPS) is 16.4. The molecular formula is C22H25FN2O2. The lowest BCUT2D eigenvalue weighted by atomic mass is 9.98. The number of hydrogen-bond acceptors (Lipinski definition) is 2. The molecule has 2 aromatic carbocycles. The quantitative estimate of drug-likeness (QED) is 0.880. The highest BCUT2D eigenvalue weighted by atomic mass is 19.1. The fourth-order valence-corrected chi connectivity index (χ4v) is 3.50. The fourth-order valence-electron chi connectivity index (χ4n) is 3.50. The highest BCUT2D eigenvalue weighted by Crippen LogP contribution is 2.22. The number of nitrogens with one attached hydrogen (secondary N) is 1. The Labute approximate surface area is 159 Å². The lowest BCUT2D eigenvalue weighted by Crippen LogP contribution is -2.34. The number of hydrogen-bond donors (Lipinski definition) is 1. The summed E-state index contributed by atoms with van der Waals surface area (Å²) < 4.78 is 13.9. The molecule has 3 rings (SSSR count). The van der Waals surface area contributed by atoms with Crippen LogP contribution in [0.5, 0.6) is 0 Å². The summed E-state index contributed by atoms with van der Waals surface area (Å²) in [5.74, 6) is -0.436. The van der Waals surface area contributed by atoms with Gasteiger partial charge in [-0.1, -0.05) is 30.3 Å². The zero-order chi connectivity index (χ0) is 19.4. The minimum atomic E-state index is -0.236. The number of likely N-dealkylation sites (tertiary alicyclic amines) is 1. The molecular weight excluding hydrogens is 343 g/mol. The van der Waals surface area contributed by atoms with Gasteiger partial charge >= 0.3 is 0 Å². The third kappa shape index (κ3) is 4.35. The molecule has 27 heavy (non-hydrogen) atoms. The van der Waals surface area contributed by atoms with E-state index in [2.05, 4.69) is 5.32 Å². The van der Waals surface area contributed by atoms with Crippen LogP contribution < -0.4 is 5.32 Å². The molecule has 0 aliphatic carbocycles. The van der Waals surface area contributed by atoms with Gasteiger partial charge in [0.05, 0.1) is 5.92 Å². The summed E-state index contributed by atoms with van der Waals surface area (Å²) in [6.45, 7) is 5.24. The Morgan fingerprint density at radius 3 is 2.74 bits per heavy atom. The molecule has 142 valence electrons. The number of halogens is 1. The van der Waals surface area contributed by atoms with Gasteiger partial charge < -0.3 is 10.2 Å². The van der Waals surface area contributed by atoms with Crippen LogP contribution in [-0.2, 0) is 11.2 Å². The fraction of sp³-hybridized carbons (Fsp3) is 0.364. The summed E-state index contributed by atoms with van der Waals surface area (Å²) in [4.78, 5) is 26.8. The molecule has 0 radical (unpaired) electrons. The minimum absolute atomic E-state index is 0.0104. The average molecular weight is 368 g/mol. The molecule has 1 aliphatic rings. The van der Waals surface area contributed by atoms with E-state index in [-0.39, 0.29) is 23.5 Å². The Morgan fingerprint density at radius 1 is 1.22 bits per heavy atom. The van der Waals surface area contributed by atoms with Crippen molar-refractivity contribution in [2.75, 3.05) is 19.6 Å². The number of amides is 2. The molecule has 5 heteroatoms. The first kappa shape index (κ1) is 19.1. The largest absolute Gasteiger partial charge is 0.356 e. The predicted octanol–water partition coefficient (Wildman–Crippen LogP) is 3.32. The maximum Gasteiger partial charge on any atom is 0.254 e. The lowest BCUT2D eigenvalue weighted by Gasteiger charge is -2.19. The van der Waals surface area contributed by atoms with E-state index >= 15 is 0 Å². The highest BCUT2D eigenvalue weighted by molar-refractivity contribution is 5.96. The van der Waals surface area contributed by atoms with E-state index in [1.165, 1.54) is 6.07 Å². The summed E-state index contributed by atoms with van der Waals surface area (Å²) in [6.07, 6.45) is 1.18. The van der Waals surface area contributed by atoms with Crippen LogP contribution >= 0.6 is 0 Å². The smallest absolute Gasteiger partial charge is 0.254 e. The summed E-state index contributed by atoms with van der Waals surface area (Å²) in [5, 5.41) is 2.83. The molecule has 1 atom stereocenters. The summed E-state index contributed by atoms with van der Waals surface area (Å²) >= 11 is 0. The minimum Gasteiger partial charge on any atom is -0.356 e. The Bertz CT molecular complexity index is 850. The van der Waals surface area contributed by atoms with Crippen molar-refractivity contribution < 1.29 is 14.0 Å². The highest BCUT2D eigenvalue weighted by Gasteiger charge is 2.31. The Hall–Kier alpha value is -2.69. The maximum atomic E-state index is 13.9. The predicted molar refractivity (Wildman–Crippen MR) is 103 cm³/mol. The summed E-state index contributed by atoms with van der Waals surface area (Å²) in [5.41, 5.74) is 2.93. The number of carbonyl (C=O) groups excluding carboxylic acids is 2. The van der Waals surface area contributed by atoms with Crippen molar-refractivity contribution in [2.24, 2.45) is 5.92 Å². The first-order valence-corrected chi connectivity index (χ1v) is 9.39. The molecule has 0 aromatic heterocycles. The SMILES string of the molecule is CCNC(=O)[C@@H]1CCN(C(=O)c2ccccc2Cc2ccc(C)c(F)c2)C1. The number of rotatable bonds is 5. The molecule has 1 fully saturated rings. The third-order valence-corrected chi connectivity index (χ3v) is 5.08. The summed E-state index contributed by atoms with van der Waals surface area (Å²) in [6, 6.07) is 12.6. The number of carbonyl (C=O) groups is 2. The second-order valence-corrected chi connectivity index (χ2v) is 7.05. The molecule has 2 amide bonds. The van der Waals surface area contributed by atoms with E-state index in [4.69, 9.17) is 0 Å². The topological polar surface area (TPSA) is 49.4 Å². The van der Waals surface area contributed by atoms with Crippen LogP contribution in [0.25, 0.3) is 0 Å². The van der Waals surface area contributed by atoms with Crippen LogP contribution in [0.2, 0.25) is 0 Å². The van der Waals surface area contributed by atoms with Crippen molar-refractivity contribution >= 4 is 11.8 Å². The first-order chi connectivity index (χ1) is 13.0. The van der Waals surface area contributed by atoms with Crippen molar-refractivity contribution in [3.63, 3.8) is 0 Å². The van der Waals surface area contributed by atoms with Gasteiger partial charge in [0, 0.05) is 25.2 Å². The van der Waals surface area contributed by atoms with Gasteiger partial charge in [-0.2, -0.15) is 0 Å². The number of aryl methyl sites for hydroxylation is 1. The average Bonchev–Trinajstić information content (AvgIpc) is 3.15. The van der Waals surface area contributed by atoms with Crippen LogP contribution in [0.15, 0.2) is 42.5 Å². The van der Waals surface area contributed by atoms with Gasteiger partial charge in [0.15, 0.2) is 0 Å². The Morgan fingerprint density at radius 2 is 2.00 bits per heavy atom. The molecule has 0 unspecified atom stereocenters. The molecule has 2 aromatic rings. The van der Waals surface area contributed by atoms with E-state index in [1.807, 2.05) is 37.3 Å². The standard InChI is InChI=1S/C22H25FN2O2/c1-3-24-21(26)18-10-11-25(14-18)22(27)19-7-5-4-6-17(19)12-16-9-8-15(2)20(23)13-16/h4-9,13,18H,3,10-12,14H2,1-2H3,(H,24,26)/t18-/m1/s1. The van der Waals surface area contributed by atoms with Gasteiger partial charge in [0.2, 0.25) is 5.91 Å². The monoisotopic (exact) mass is 368 g/mol. The van der Waals surface area contributed by atoms with Gasteiger partial charge in [0.1, 0.15) is 5.82 Å². The second-order valence-electron chi connectivity index (χ2n) is 7.05. The van der Waals surface area contributed by atoms with Crippen LogP contribution in [-0.4, -0.2) is 36.3 Å². The van der Waals surface area contributed by atoms with E-state index in [1.54, 1.807) is 17.9 Å². The van der Waals surface area contributed by atoms with Crippen molar-refractivity contribution in [1.29, 1.82) is 0 Å². The Balaban J connectivity index is 1.76. The first-order valence-electron chi connectivity index (χ1n) is 9.39. The lowest BCUT2D eigenvalue weighted by molar-refractivity contribution is -0.124. The van der Waals surface area contributed by atoms with Crippen molar-refractivity contribution in [3.8, 4) is 0 Å². The summed E-state index contributed by atoms with van der Waals surface area (Å²) in [7, 11) is 0. The van der Waals surface area contributed by atoms with Gasteiger partial charge in [-0.05, 0) is 55.5 Å². The van der Waals surface area contributed by atoms with Crippen LogP contribution in [0.4, 0.5) is 4.39 Å². The molecule has 1 heterocycles. The maximum absolute atomic E-state index is 13.9. The van der Waals surface area contributed by atoms with E-state index < -0.39 is 0 Å². The van der Waals surface area contributed by atoms with E-state index in [9.17, 15) is 14.0 Å². The second kappa shape index (κ2) is 8.33. The molecule has 0 saturated carbocycles. The zero-order valence-corrected chi connectivity index (χ0v) is 15.8. The van der Waals surface area contributed by atoms with Crippen LogP contribution in [0.1, 0.15) is 40.4 Å². The number of benzene rings is 2. The molecule has 0 spiro atoms. The van der Waals surface area contributed by atoms with Crippen molar-refractivity contribution in [1.82, 2.24) is 10.2 Å². The van der Waals surface area contributed by atoms with E-state index in [0.717, 1.165) is 11.1 Å². The molecule has 0 bridgehead atoms. The number of nitrogens with zero attached hydrogens (tertiary/aromatic N) is 1. The van der Waals surface area contributed by atoms with Gasteiger partial charge in [-0.3, -0.25) is 9.59 Å². The van der Waals surface area contributed by atoms with Crippen LogP contribution in [0, 0.1) is 18.7 Å². The molecule has 4 nitrogen and oxygen atoms in total. The van der Waals surface area contributed by atoms with Gasteiger partial charge in [-0.15, -0.1) is 0 Å². The third-order valence-electron chi connectivity index (χ3n) is 5.08. The zero-order valence-electron chi connectivity index (χ0n) is 15.8. The van der Waals surface area contributed by atoms with Crippen molar-refractivity contribution in [3.05, 3.63) is 70.5 Å². The van der Waals surface area contributed by atoms with Gasteiger partial charge in [0.25, 0.3) is 5.91 Å². The van der Waals surface area contributed by atoms with Crippen molar-refractivity contribution in [2.45, 2.75) is 26.7 Å². The Kier molecular flexibility index (Phi) is 5.89. The molecule has 1 N–H and O–H groups in total.